The van der Waals surface area contributed by atoms with E-state index >= 15 is 0 Å². The number of ether oxygens (including phenoxy) is 2. The monoisotopic (exact) mass is 461 g/mol. The molecule has 1 fully saturated rings. The predicted molar refractivity (Wildman–Crippen MR) is 122 cm³/mol. The lowest BCUT2D eigenvalue weighted by Gasteiger charge is -2.35. The Labute approximate surface area is 192 Å². The predicted octanol–water partition coefficient (Wildman–Crippen LogP) is 2.39. The van der Waals surface area contributed by atoms with Gasteiger partial charge < -0.3 is 24.8 Å². The van der Waals surface area contributed by atoms with Crippen molar-refractivity contribution in [2.24, 2.45) is 0 Å². The lowest BCUT2D eigenvalue weighted by atomic mass is 10.2. The van der Waals surface area contributed by atoms with Crippen LogP contribution in [0.3, 0.4) is 0 Å². The molecule has 2 N–H and O–H groups in total. The number of benzene rings is 2. The molecule has 0 aliphatic carbocycles. The van der Waals surface area contributed by atoms with E-state index in [4.69, 9.17) is 21.1 Å². The smallest absolute Gasteiger partial charge is 0.236 e. The first-order valence-electron chi connectivity index (χ1n) is 10.3. The van der Waals surface area contributed by atoms with Crippen LogP contribution in [0.25, 0.3) is 0 Å². The topological polar surface area (TPSA) is 91.3 Å². The van der Waals surface area contributed by atoms with Gasteiger partial charge in [-0.2, -0.15) is 0 Å². The van der Waals surface area contributed by atoms with Crippen molar-refractivity contribution in [2.75, 3.05) is 45.2 Å². The number of nitrogens with zero attached hydrogens (tertiary/aromatic N) is 2. The molecule has 2 amide bonds. The number of β-amino-alcohol motifs (C(OH)–C–C–N with tert-alkyl or cyclic N) is 1. The van der Waals surface area contributed by atoms with Crippen molar-refractivity contribution in [2.45, 2.75) is 19.6 Å². The Morgan fingerprint density at radius 2 is 1.97 bits per heavy atom. The summed E-state index contributed by atoms with van der Waals surface area (Å²) in [6.07, 6.45) is -0.877. The van der Waals surface area contributed by atoms with Crippen LogP contribution in [0.15, 0.2) is 42.5 Å². The molecule has 32 heavy (non-hydrogen) atoms. The molecule has 172 valence electrons. The molecule has 1 aliphatic rings. The highest BCUT2D eigenvalue weighted by atomic mass is 35.5. The number of aliphatic hydroxyl groups is 1. The molecule has 1 aliphatic heterocycles. The van der Waals surface area contributed by atoms with Crippen molar-refractivity contribution in [3.63, 3.8) is 0 Å². The molecule has 0 unspecified atom stereocenters. The fourth-order valence-corrected chi connectivity index (χ4v) is 3.59. The van der Waals surface area contributed by atoms with E-state index in [9.17, 15) is 14.7 Å². The van der Waals surface area contributed by atoms with Crippen LogP contribution in [0.1, 0.15) is 12.5 Å². The molecule has 8 nitrogen and oxygen atoms in total. The highest BCUT2D eigenvalue weighted by Gasteiger charge is 2.26. The van der Waals surface area contributed by atoms with E-state index in [-0.39, 0.29) is 25.0 Å². The Morgan fingerprint density at radius 1 is 1.22 bits per heavy atom. The standard InChI is InChI=1S/C23H28ClN3O5/c1-16(28)25-21-8-7-20(31-2)11-22(21)32-15-19(29)13-27-10-9-26(14-23(27)30)12-17-3-5-18(24)6-4-17/h3-8,11,19,29H,9-10,12-15H2,1-2H3,(H,25,28)/t19-/m0/s1. The van der Waals surface area contributed by atoms with Gasteiger partial charge in [0.05, 0.1) is 19.3 Å². The van der Waals surface area contributed by atoms with Crippen LogP contribution in [-0.4, -0.2) is 72.7 Å². The first kappa shape index (κ1) is 23.8. The van der Waals surface area contributed by atoms with Crippen LogP contribution in [0.4, 0.5) is 5.69 Å². The largest absolute Gasteiger partial charge is 0.497 e. The molecule has 0 saturated carbocycles. The van der Waals surface area contributed by atoms with E-state index in [2.05, 4.69) is 10.2 Å². The molecule has 0 spiro atoms. The van der Waals surface area contributed by atoms with Gasteiger partial charge in [-0.15, -0.1) is 0 Å². The van der Waals surface area contributed by atoms with Gasteiger partial charge in [-0.25, -0.2) is 0 Å². The van der Waals surface area contributed by atoms with Gasteiger partial charge in [0.15, 0.2) is 0 Å². The minimum atomic E-state index is -0.877. The number of anilines is 1. The number of carbonyl (C=O) groups is 2. The molecule has 9 heteroatoms. The molecular weight excluding hydrogens is 434 g/mol. The van der Waals surface area contributed by atoms with Gasteiger partial charge in [0, 0.05) is 44.2 Å². The molecule has 1 saturated heterocycles. The lowest BCUT2D eigenvalue weighted by molar-refractivity contribution is -0.138. The second-order valence-electron chi connectivity index (χ2n) is 7.68. The summed E-state index contributed by atoms with van der Waals surface area (Å²) in [5, 5.41) is 13.8. The van der Waals surface area contributed by atoms with E-state index in [1.54, 1.807) is 23.1 Å². The third-order valence-electron chi connectivity index (χ3n) is 5.08. The number of rotatable bonds is 9. The van der Waals surface area contributed by atoms with Crippen LogP contribution in [-0.2, 0) is 16.1 Å². The third kappa shape index (κ3) is 6.85. The molecule has 2 aromatic rings. The number of piperazine rings is 1. The van der Waals surface area contributed by atoms with Gasteiger partial charge in [0.2, 0.25) is 11.8 Å². The van der Waals surface area contributed by atoms with Crippen molar-refractivity contribution in [1.82, 2.24) is 9.80 Å². The molecule has 0 radical (unpaired) electrons. The molecule has 3 rings (SSSR count). The Balaban J connectivity index is 1.50. The van der Waals surface area contributed by atoms with Gasteiger partial charge in [0.1, 0.15) is 24.2 Å². The third-order valence-corrected chi connectivity index (χ3v) is 5.33. The zero-order valence-electron chi connectivity index (χ0n) is 18.2. The van der Waals surface area contributed by atoms with Gasteiger partial charge >= 0.3 is 0 Å². The summed E-state index contributed by atoms with van der Waals surface area (Å²) in [6.45, 7) is 3.75. The van der Waals surface area contributed by atoms with E-state index in [1.807, 2.05) is 24.3 Å². The van der Waals surface area contributed by atoms with Crippen LogP contribution in [0.5, 0.6) is 11.5 Å². The number of hydrogen-bond acceptors (Lipinski definition) is 6. The Kier molecular flexibility index (Phi) is 8.33. The normalized spacial score (nSPS) is 15.4. The van der Waals surface area contributed by atoms with Crippen molar-refractivity contribution in [3.05, 3.63) is 53.1 Å². The van der Waals surface area contributed by atoms with Gasteiger partial charge in [-0.3, -0.25) is 14.5 Å². The quantitative estimate of drug-likeness (QED) is 0.596. The van der Waals surface area contributed by atoms with Crippen LogP contribution >= 0.6 is 11.6 Å². The summed E-state index contributed by atoms with van der Waals surface area (Å²) in [5.74, 6) is 0.681. The zero-order valence-corrected chi connectivity index (χ0v) is 19.0. The van der Waals surface area contributed by atoms with Gasteiger partial charge in [-0.1, -0.05) is 23.7 Å². The summed E-state index contributed by atoms with van der Waals surface area (Å²) < 4.78 is 10.9. The summed E-state index contributed by atoms with van der Waals surface area (Å²) in [4.78, 5) is 27.7. The van der Waals surface area contributed by atoms with E-state index in [1.165, 1.54) is 14.0 Å². The number of nitrogens with one attached hydrogen (secondary N) is 1. The maximum absolute atomic E-state index is 12.6. The van der Waals surface area contributed by atoms with Crippen LogP contribution < -0.4 is 14.8 Å². The Hall–Kier alpha value is -2.81. The number of aliphatic hydroxyl groups excluding tert-OH is 1. The lowest BCUT2D eigenvalue weighted by Crippen LogP contribution is -2.52. The molecule has 2 aromatic carbocycles. The highest BCUT2D eigenvalue weighted by Crippen LogP contribution is 2.29. The molecule has 1 heterocycles. The Morgan fingerprint density at radius 3 is 2.62 bits per heavy atom. The second kappa shape index (κ2) is 11.2. The molecule has 0 aromatic heterocycles. The number of hydrogen-bond donors (Lipinski definition) is 2. The maximum Gasteiger partial charge on any atom is 0.236 e. The Bertz CT molecular complexity index is 938. The average Bonchev–Trinajstić information content (AvgIpc) is 2.76. The van der Waals surface area contributed by atoms with Gasteiger partial charge in [0.25, 0.3) is 0 Å². The van der Waals surface area contributed by atoms with E-state index in [0.717, 1.165) is 5.56 Å². The van der Waals surface area contributed by atoms with E-state index in [0.29, 0.717) is 48.4 Å². The molecule has 1 atom stereocenters. The SMILES string of the molecule is COc1ccc(NC(C)=O)c(OC[C@@H](O)CN2CCN(Cc3ccc(Cl)cc3)CC2=O)c1. The van der Waals surface area contributed by atoms with Crippen molar-refractivity contribution >= 4 is 29.1 Å². The summed E-state index contributed by atoms with van der Waals surface area (Å²) >= 11 is 5.92. The summed E-state index contributed by atoms with van der Waals surface area (Å²) in [5.41, 5.74) is 1.58. The second-order valence-corrected chi connectivity index (χ2v) is 8.12. The fourth-order valence-electron chi connectivity index (χ4n) is 3.47. The first-order chi connectivity index (χ1) is 15.3. The fraction of sp³-hybridized carbons (Fsp3) is 0.391. The number of amides is 2. The zero-order chi connectivity index (χ0) is 23.1. The van der Waals surface area contributed by atoms with Crippen molar-refractivity contribution < 1.29 is 24.2 Å². The number of methoxy groups -OCH3 is 1. The summed E-state index contributed by atoms with van der Waals surface area (Å²) in [6, 6.07) is 12.6. The van der Waals surface area contributed by atoms with Crippen molar-refractivity contribution in [3.8, 4) is 11.5 Å². The van der Waals surface area contributed by atoms with E-state index < -0.39 is 6.10 Å². The first-order valence-corrected chi connectivity index (χ1v) is 10.7. The maximum atomic E-state index is 12.6. The van der Waals surface area contributed by atoms with Crippen LogP contribution in [0, 0.1) is 0 Å². The minimum Gasteiger partial charge on any atom is -0.497 e. The number of halogens is 1. The van der Waals surface area contributed by atoms with Crippen LogP contribution in [0.2, 0.25) is 5.02 Å². The summed E-state index contributed by atoms with van der Waals surface area (Å²) in [7, 11) is 1.53. The minimum absolute atomic E-state index is 0.0297. The van der Waals surface area contributed by atoms with Crippen molar-refractivity contribution in [1.29, 1.82) is 0 Å². The average molecular weight is 462 g/mol. The number of carbonyl (C=O) groups excluding carboxylic acids is 2. The van der Waals surface area contributed by atoms with Gasteiger partial charge in [-0.05, 0) is 29.8 Å². The molecular formula is C23H28ClN3O5. The molecule has 0 bridgehead atoms. The highest BCUT2D eigenvalue weighted by molar-refractivity contribution is 6.30.